The maximum atomic E-state index is 13.7. The summed E-state index contributed by atoms with van der Waals surface area (Å²) in [4.78, 5) is 14.0. The van der Waals surface area contributed by atoms with Crippen molar-refractivity contribution in [2.45, 2.75) is 26.7 Å². The number of amides is 1. The van der Waals surface area contributed by atoms with Crippen LogP contribution in [0.1, 0.15) is 37.0 Å². The Labute approximate surface area is 118 Å². The van der Waals surface area contributed by atoms with Crippen LogP contribution in [0.15, 0.2) is 12.1 Å². The van der Waals surface area contributed by atoms with Crippen LogP contribution in [0, 0.1) is 17.0 Å². The second-order valence-electron chi connectivity index (χ2n) is 6.02. The van der Waals surface area contributed by atoms with Crippen molar-refractivity contribution in [1.82, 2.24) is 4.90 Å². The Bertz CT molecular complexity index is 496. The zero-order valence-electron chi connectivity index (χ0n) is 12.1. The van der Waals surface area contributed by atoms with E-state index in [2.05, 4.69) is 19.2 Å². The van der Waals surface area contributed by atoms with Gasteiger partial charge in [0, 0.05) is 25.7 Å². The Morgan fingerprint density at radius 1 is 1.20 bits per heavy atom. The summed E-state index contributed by atoms with van der Waals surface area (Å²) in [5.74, 6) is -1.79. The van der Waals surface area contributed by atoms with Crippen LogP contribution in [-0.2, 0) is 0 Å². The van der Waals surface area contributed by atoms with Gasteiger partial charge in [-0.05, 0) is 30.4 Å². The molecular weight excluding hydrogens is 262 g/mol. The third-order valence-corrected chi connectivity index (χ3v) is 3.94. The zero-order chi connectivity index (χ0) is 14.9. The number of hydrogen-bond donors (Lipinski definition) is 1. The van der Waals surface area contributed by atoms with E-state index >= 15 is 0 Å². The number of nitrogens with one attached hydrogen (secondary N) is 1. The number of anilines is 1. The van der Waals surface area contributed by atoms with E-state index in [1.54, 1.807) is 4.90 Å². The van der Waals surface area contributed by atoms with Gasteiger partial charge in [-0.15, -0.1) is 0 Å². The lowest BCUT2D eigenvalue weighted by atomic mass is 9.82. The lowest BCUT2D eigenvalue weighted by Gasteiger charge is -2.37. The van der Waals surface area contributed by atoms with Crippen molar-refractivity contribution in [3.8, 4) is 0 Å². The fourth-order valence-electron chi connectivity index (χ4n) is 2.43. The molecule has 1 aromatic carbocycles. The van der Waals surface area contributed by atoms with E-state index in [9.17, 15) is 13.6 Å². The van der Waals surface area contributed by atoms with E-state index in [-0.39, 0.29) is 22.6 Å². The summed E-state index contributed by atoms with van der Waals surface area (Å²) >= 11 is 0. The van der Waals surface area contributed by atoms with Gasteiger partial charge in [0.05, 0.1) is 0 Å². The predicted octanol–water partition coefficient (Wildman–Crippen LogP) is 3.27. The molecule has 1 aromatic rings. The second kappa shape index (κ2) is 5.38. The molecule has 3 nitrogen and oxygen atoms in total. The molecule has 1 N–H and O–H groups in total. The van der Waals surface area contributed by atoms with Crippen LogP contribution in [0.25, 0.3) is 0 Å². The molecule has 1 heterocycles. The fourth-order valence-corrected chi connectivity index (χ4v) is 2.43. The van der Waals surface area contributed by atoms with Crippen LogP contribution in [0.3, 0.4) is 0 Å². The number of piperidine rings is 1. The van der Waals surface area contributed by atoms with Gasteiger partial charge in [0.2, 0.25) is 0 Å². The molecule has 1 aliphatic rings. The molecule has 0 bridgehead atoms. The zero-order valence-corrected chi connectivity index (χ0v) is 12.1. The quantitative estimate of drug-likeness (QED) is 0.903. The molecular formula is C15H20F2N2O. The Morgan fingerprint density at radius 2 is 1.70 bits per heavy atom. The SMILES string of the molecule is CNc1c(F)cc(C(=O)N2CCC(C)(C)CC2)cc1F. The monoisotopic (exact) mass is 282 g/mol. The number of nitrogens with zero attached hydrogens (tertiary/aromatic N) is 1. The van der Waals surface area contributed by atoms with Crippen molar-refractivity contribution < 1.29 is 13.6 Å². The molecule has 20 heavy (non-hydrogen) atoms. The fraction of sp³-hybridized carbons (Fsp3) is 0.533. The number of halogens is 2. The van der Waals surface area contributed by atoms with Crippen LogP contribution in [-0.4, -0.2) is 30.9 Å². The summed E-state index contributed by atoms with van der Waals surface area (Å²) in [6.07, 6.45) is 1.80. The standard InChI is InChI=1S/C15H20F2N2O/c1-15(2)4-6-19(7-5-15)14(20)10-8-11(16)13(18-3)12(17)9-10/h8-9,18H,4-7H2,1-3H3. The van der Waals surface area contributed by atoms with Crippen molar-refractivity contribution in [2.75, 3.05) is 25.5 Å². The van der Waals surface area contributed by atoms with E-state index in [4.69, 9.17) is 0 Å². The maximum absolute atomic E-state index is 13.7. The van der Waals surface area contributed by atoms with E-state index in [1.165, 1.54) is 7.05 Å². The molecule has 0 aliphatic carbocycles. The molecule has 110 valence electrons. The summed E-state index contributed by atoms with van der Waals surface area (Å²) in [5.41, 5.74) is 0.0866. The van der Waals surface area contributed by atoms with Crippen molar-refractivity contribution >= 4 is 11.6 Å². The Kier molecular flexibility index (Phi) is 3.97. The highest BCUT2D eigenvalue weighted by Crippen LogP contribution is 2.30. The molecule has 0 unspecified atom stereocenters. The van der Waals surface area contributed by atoms with E-state index in [1.807, 2.05) is 0 Å². The molecule has 0 radical (unpaired) electrons. The van der Waals surface area contributed by atoms with Gasteiger partial charge < -0.3 is 10.2 Å². The minimum Gasteiger partial charge on any atom is -0.383 e. The van der Waals surface area contributed by atoms with Crippen molar-refractivity contribution in [2.24, 2.45) is 5.41 Å². The predicted molar refractivity (Wildman–Crippen MR) is 74.8 cm³/mol. The molecule has 0 saturated carbocycles. The van der Waals surface area contributed by atoms with Crippen LogP contribution in [0.4, 0.5) is 14.5 Å². The maximum Gasteiger partial charge on any atom is 0.254 e. The van der Waals surface area contributed by atoms with Gasteiger partial charge in [0.1, 0.15) is 17.3 Å². The van der Waals surface area contributed by atoms with Crippen LogP contribution in [0.2, 0.25) is 0 Å². The van der Waals surface area contributed by atoms with E-state index < -0.39 is 11.6 Å². The molecule has 1 fully saturated rings. The van der Waals surface area contributed by atoms with Crippen molar-refractivity contribution in [3.05, 3.63) is 29.3 Å². The van der Waals surface area contributed by atoms with Gasteiger partial charge in [-0.1, -0.05) is 13.8 Å². The number of carbonyl (C=O) groups excluding carboxylic acids is 1. The summed E-state index contributed by atoms with van der Waals surface area (Å²) in [7, 11) is 1.44. The van der Waals surface area contributed by atoms with Gasteiger partial charge in [-0.2, -0.15) is 0 Å². The van der Waals surface area contributed by atoms with Gasteiger partial charge in [-0.25, -0.2) is 8.78 Å². The molecule has 0 aromatic heterocycles. The first-order valence-electron chi connectivity index (χ1n) is 6.80. The van der Waals surface area contributed by atoms with Crippen molar-refractivity contribution in [1.29, 1.82) is 0 Å². The summed E-state index contributed by atoms with van der Waals surface area (Å²) in [5, 5.41) is 2.45. The number of benzene rings is 1. The van der Waals surface area contributed by atoms with Crippen molar-refractivity contribution in [3.63, 3.8) is 0 Å². The van der Waals surface area contributed by atoms with Gasteiger partial charge in [0.25, 0.3) is 5.91 Å². The van der Waals surface area contributed by atoms with E-state index in [0.717, 1.165) is 25.0 Å². The lowest BCUT2D eigenvalue weighted by molar-refractivity contribution is 0.0629. The number of likely N-dealkylation sites (tertiary alicyclic amines) is 1. The topological polar surface area (TPSA) is 32.3 Å². The smallest absolute Gasteiger partial charge is 0.254 e. The first kappa shape index (κ1) is 14.8. The van der Waals surface area contributed by atoms with Gasteiger partial charge in [-0.3, -0.25) is 4.79 Å². The first-order valence-corrected chi connectivity index (χ1v) is 6.80. The molecule has 1 amide bonds. The highest BCUT2D eigenvalue weighted by Gasteiger charge is 2.29. The summed E-state index contributed by atoms with van der Waals surface area (Å²) < 4.78 is 27.4. The largest absolute Gasteiger partial charge is 0.383 e. The van der Waals surface area contributed by atoms with E-state index in [0.29, 0.717) is 13.1 Å². The molecule has 1 saturated heterocycles. The lowest BCUT2D eigenvalue weighted by Crippen LogP contribution is -2.41. The molecule has 0 spiro atoms. The molecule has 1 aliphatic heterocycles. The number of carbonyl (C=O) groups is 1. The average molecular weight is 282 g/mol. The first-order chi connectivity index (χ1) is 9.34. The Balaban J connectivity index is 2.18. The van der Waals surface area contributed by atoms with Crippen LogP contribution < -0.4 is 5.32 Å². The highest BCUT2D eigenvalue weighted by molar-refractivity contribution is 5.94. The molecule has 5 heteroatoms. The normalized spacial score (nSPS) is 17.9. The second-order valence-corrected chi connectivity index (χ2v) is 6.02. The minimum absolute atomic E-state index is 0.0682. The third kappa shape index (κ3) is 2.92. The minimum atomic E-state index is -0.742. The summed E-state index contributed by atoms with van der Waals surface area (Å²) in [6, 6.07) is 2.19. The van der Waals surface area contributed by atoms with Crippen LogP contribution >= 0.6 is 0 Å². The number of hydrogen-bond acceptors (Lipinski definition) is 2. The third-order valence-electron chi connectivity index (χ3n) is 3.94. The number of rotatable bonds is 2. The highest BCUT2D eigenvalue weighted by atomic mass is 19.1. The summed E-state index contributed by atoms with van der Waals surface area (Å²) in [6.45, 7) is 5.58. The van der Waals surface area contributed by atoms with Gasteiger partial charge >= 0.3 is 0 Å². The molecule has 2 rings (SSSR count). The average Bonchev–Trinajstić information content (AvgIpc) is 2.37. The van der Waals surface area contributed by atoms with Crippen LogP contribution in [0.5, 0.6) is 0 Å². The Hall–Kier alpha value is -1.65. The molecule has 0 atom stereocenters. The van der Waals surface area contributed by atoms with Gasteiger partial charge in [0.15, 0.2) is 0 Å². The Morgan fingerprint density at radius 3 is 2.15 bits per heavy atom.